The van der Waals surface area contributed by atoms with E-state index < -0.39 is 6.04 Å². The van der Waals surface area contributed by atoms with Crippen LogP contribution in [-0.2, 0) is 4.79 Å². The van der Waals surface area contributed by atoms with Crippen molar-refractivity contribution in [3.8, 4) is 0 Å². The molecule has 6 rings (SSSR count). The lowest BCUT2D eigenvalue weighted by Gasteiger charge is -2.35. The molecule has 212 valence electrons. The maximum absolute atomic E-state index is 14.3. The number of ketones is 1. The Morgan fingerprint density at radius 3 is 2.17 bits per heavy atom. The molecule has 42 heavy (non-hydrogen) atoms. The van der Waals surface area contributed by atoms with Crippen LogP contribution in [0.3, 0.4) is 0 Å². The topological polar surface area (TPSA) is 52.7 Å². The van der Waals surface area contributed by atoms with Gasteiger partial charge in [0.25, 0.3) is 5.91 Å². The average molecular weight is 560 g/mol. The van der Waals surface area contributed by atoms with Gasteiger partial charge < -0.3 is 10.2 Å². The number of rotatable bonds is 6. The Bertz CT molecular complexity index is 1630. The van der Waals surface area contributed by atoms with Gasteiger partial charge in [0.05, 0.1) is 17.4 Å². The monoisotopic (exact) mass is 559 g/mol. The third-order valence-electron chi connectivity index (χ3n) is 8.41. The lowest BCUT2D eigenvalue weighted by Crippen LogP contribution is -2.38. The van der Waals surface area contributed by atoms with Gasteiger partial charge in [-0.2, -0.15) is 0 Å². The van der Waals surface area contributed by atoms with Gasteiger partial charge in [-0.05, 0) is 85.8 Å². The van der Waals surface area contributed by atoms with Gasteiger partial charge in [0.2, 0.25) is 0 Å². The Labute approximate surface area is 246 Å². The molecule has 2 atom stereocenters. The molecule has 0 bridgehead atoms. The van der Waals surface area contributed by atoms with Crippen LogP contribution < -0.4 is 15.1 Å². The Balaban J connectivity index is 1.48. The maximum atomic E-state index is 14.3. The van der Waals surface area contributed by atoms with Crippen LogP contribution in [0.4, 0.5) is 21.5 Å². The average Bonchev–Trinajstić information content (AvgIpc) is 3.17. The quantitative estimate of drug-likeness (QED) is 0.261. The standard InChI is InChI=1S/C36H34FN3O2/c1-3-39(4-2)29-20-16-24(17-21-29)27-22-31-34(33(41)23-27)35(25-14-18-28(37)19-15-25)40(32-13-9-8-12-30(32)38-31)36(42)26-10-6-5-7-11-26/h5-21,27,35,38H,3-4,22-23H2,1-2H3. The van der Waals surface area contributed by atoms with Crippen molar-refractivity contribution in [2.45, 2.75) is 38.6 Å². The SMILES string of the molecule is CCN(CC)c1ccc(C2CC(=O)C3=C(C2)Nc2ccccc2N(C(=O)c2ccccc2)C3c2ccc(F)cc2)cc1. The number of nitrogens with one attached hydrogen (secondary N) is 1. The van der Waals surface area contributed by atoms with E-state index in [1.807, 2.05) is 42.5 Å². The second kappa shape index (κ2) is 11.6. The number of fused-ring (bicyclic) bond motifs is 1. The fourth-order valence-corrected chi connectivity index (χ4v) is 6.28. The highest BCUT2D eigenvalue weighted by molar-refractivity contribution is 6.12. The van der Waals surface area contributed by atoms with Gasteiger partial charge in [-0.3, -0.25) is 14.5 Å². The summed E-state index contributed by atoms with van der Waals surface area (Å²) in [5.41, 5.74) is 6.25. The Kier molecular flexibility index (Phi) is 7.62. The molecule has 4 aromatic carbocycles. The summed E-state index contributed by atoms with van der Waals surface area (Å²) in [6.45, 7) is 6.15. The van der Waals surface area contributed by atoms with E-state index in [2.05, 4.69) is 48.3 Å². The molecular formula is C36H34FN3O2. The number of anilines is 3. The number of carbonyl (C=O) groups is 2. The van der Waals surface area contributed by atoms with Crippen molar-refractivity contribution < 1.29 is 14.0 Å². The Morgan fingerprint density at radius 1 is 0.833 bits per heavy atom. The number of allylic oxidation sites excluding steroid dienone is 1. The van der Waals surface area contributed by atoms with Gasteiger partial charge in [-0.15, -0.1) is 0 Å². The van der Waals surface area contributed by atoms with E-state index in [1.54, 1.807) is 29.2 Å². The second-order valence-electron chi connectivity index (χ2n) is 10.8. The lowest BCUT2D eigenvalue weighted by molar-refractivity contribution is -0.116. The predicted octanol–water partition coefficient (Wildman–Crippen LogP) is 7.89. The Hall–Kier alpha value is -4.71. The van der Waals surface area contributed by atoms with Crippen molar-refractivity contribution >= 4 is 28.8 Å². The highest BCUT2D eigenvalue weighted by Crippen LogP contribution is 2.48. The number of para-hydroxylation sites is 2. The molecule has 0 saturated heterocycles. The van der Waals surface area contributed by atoms with Crippen molar-refractivity contribution in [3.63, 3.8) is 0 Å². The number of carbonyl (C=O) groups excluding carboxylic acids is 2. The number of amides is 1. The third kappa shape index (κ3) is 5.09. The zero-order valence-electron chi connectivity index (χ0n) is 23.9. The van der Waals surface area contributed by atoms with E-state index in [9.17, 15) is 14.0 Å². The van der Waals surface area contributed by atoms with Gasteiger partial charge in [-0.1, -0.05) is 54.6 Å². The van der Waals surface area contributed by atoms with Gasteiger partial charge in [-0.25, -0.2) is 4.39 Å². The van der Waals surface area contributed by atoms with Crippen molar-refractivity contribution in [1.82, 2.24) is 0 Å². The van der Waals surface area contributed by atoms with Crippen molar-refractivity contribution in [3.05, 3.63) is 137 Å². The summed E-state index contributed by atoms with van der Waals surface area (Å²) in [4.78, 5) is 32.5. The van der Waals surface area contributed by atoms with Crippen LogP contribution in [0, 0.1) is 5.82 Å². The molecule has 4 aromatic rings. The molecule has 1 N–H and O–H groups in total. The number of nitrogens with zero attached hydrogens (tertiary/aromatic N) is 2. The third-order valence-corrected chi connectivity index (χ3v) is 8.41. The number of benzene rings is 4. The molecule has 2 aliphatic rings. The molecular weight excluding hydrogens is 525 g/mol. The first-order valence-electron chi connectivity index (χ1n) is 14.6. The molecule has 5 nitrogen and oxygen atoms in total. The molecule has 2 unspecified atom stereocenters. The molecule has 1 heterocycles. The summed E-state index contributed by atoms with van der Waals surface area (Å²) in [5.74, 6) is -0.625. The molecule has 0 radical (unpaired) electrons. The van der Waals surface area contributed by atoms with E-state index in [4.69, 9.17) is 0 Å². The fraction of sp³-hybridized carbons (Fsp3) is 0.222. The van der Waals surface area contributed by atoms with E-state index in [0.717, 1.165) is 30.0 Å². The zero-order valence-corrected chi connectivity index (χ0v) is 23.9. The smallest absolute Gasteiger partial charge is 0.259 e. The summed E-state index contributed by atoms with van der Waals surface area (Å²) < 4.78 is 14.1. The molecule has 0 spiro atoms. The van der Waals surface area contributed by atoms with Crippen LogP contribution in [0.1, 0.15) is 60.1 Å². The lowest BCUT2D eigenvalue weighted by atomic mass is 9.78. The van der Waals surface area contributed by atoms with E-state index in [-0.39, 0.29) is 23.4 Å². The highest BCUT2D eigenvalue weighted by atomic mass is 19.1. The summed E-state index contributed by atoms with van der Waals surface area (Å²) >= 11 is 0. The first-order valence-corrected chi connectivity index (χ1v) is 14.6. The number of halogens is 1. The highest BCUT2D eigenvalue weighted by Gasteiger charge is 2.41. The largest absolute Gasteiger partial charge is 0.372 e. The molecule has 0 saturated carbocycles. The predicted molar refractivity (Wildman–Crippen MR) is 166 cm³/mol. The van der Waals surface area contributed by atoms with Crippen molar-refractivity contribution in [2.75, 3.05) is 28.2 Å². The normalized spacial score (nSPS) is 18.1. The van der Waals surface area contributed by atoms with E-state index in [1.165, 1.54) is 17.8 Å². The fourth-order valence-electron chi connectivity index (χ4n) is 6.28. The maximum Gasteiger partial charge on any atom is 0.259 e. The number of hydrogen-bond donors (Lipinski definition) is 1. The van der Waals surface area contributed by atoms with Crippen molar-refractivity contribution in [1.29, 1.82) is 0 Å². The summed E-state index contributed by atoms with van der Waals surface area (Å²) in [6, 6.07) is 30.7. The van der Waals surface area contributed by atoms with Crippen molar-refractivity contribution in [2.24, 2.45) is 0 Å². The van der Waals surface area contributed by atoms with Crippen LogP contribution in [0.15, 0.2) is 114 Å². The number of hydrogen-bond acceptors (Lipinski definition) is 4. The summed E-state index contributed by atoms with van der Waals surface area (Å²) in [5, 5.41) is 3.57. The van der Waals surface area contributed by atoms with Crippen LogP contribution >= 0.6 is 0 Å². The summed E-state index contributed by atoms with van der Waals surface area (Å²) in [6.07, 6.45) is 0.942. The van der Waals surface area contributed by atoms with Gasteiger partial charge in [0, 0.05) is 42.0 Å². The Morgan fingerprint density at radius 2 is 1.48 bits per heavy atom. The molecule has 1 amide bonds. The first kappa shape index (κ1) is 27.5. The minimum Gasteiger partial charge on any atom is -0.372 e. The molecule has 1 aliphatic heterocycles. The summed E-state index contributed by atoms with van der Waals surface area (Å²) in [7, 11) is 0. The van der Waals surface area contributed by atoms with Gasteiger partial charge in [0.15, 0.2) is 5.78 Å². The molecule has 1 aliphatic carbocycles. The minimum atomic E-state index is -0.719. The van der Waals surface area contributed by atoms with Crippen LogP contribution in [0.5, 0.6) is 0 Å². The van der Waals surface area contributed by atoms with Crippen LogP contribution in [0.25, 0.3) is 0 Å². The number of Topliss-reactive ketones (excluding diaryl/α,β-unsaturated/α-hetero) is 1. The van der Waals surface area contributed by atoms with Crippen LogP contribution in [-0.4, -0.2) is 24.8 Å². The molecule has 6 heteroatoms. The minimum absolute atomic E-state index is 0.00749. The molecule has 0 aromatic heterocycles. The van der Waals surface area contributed by atoms with Gasteiger partial charge in [0.1, 0.15) is 5.82 Å². The van der Waals surface area contributed by atoms with Crippen LogP contribution in [0.2, 0.25) is 0 Å². The van der Waals surface area contributed by atoms with Gasteiger partial charge >= 0.3 is 0 Å². The van der Waals surface area contributed by atoms with E-state index >= 15 is 0 Å². The zero-order chi connectivity index (χ0) is 29.2. The first-order chi connectivity index (χ1) is 20.5. The second-order valence-corrected chi connectivity index (χ2v) is 10.8. The molecule has 0 fully saturated rings. The van der Waals surface area contributed by atoms with E-state index in [0.29, 0.717) is 35.2 Å².